The van der Waals surface area contributed by atoms with Crippen molar-refractivity contribution in [2.75, 3.05) is 13.2 Å². The number of ether oxygens (including phenoxy) is 1. The summed E-state index contributed by atoms with van der Waals surface area (Å²) in [6.07, 6.45) is 1.32. The van der Waals surface area contributed by atoms with Gasteiger partial charge in [-0.3, -0.25) is 4.79 Å². The minimum atomic E-state index is -1.43. The van der Waals surface area contributed by atoms with Crippen molar-refractivity contribution in [1.82, 2.24) is 10.3 Å². The minimum Gasteiger partial charge on any atom is -0.479 e. The fourth-order valence-electron chi connectivity index (χ4n) is 1.72. The highest BCUT2D eigenvalue weighted by Crippen LogP contribution is 2.19. The quantitative estimate of drug-likeness (QED) is 0.752. The zero-order valence-electron chi connectivity index (χ0n) is 9.35. The zero-order chi connectivity index (χ0) is 13.2. The van der Waals surface area contributed by atoms with Crippen LogP contribution in [0.25, 0.3) is 0 Å². The first kappa shape index (κ1) is 12.4. The Morgan fingerprint density at radius 1 is 1.56 bits per heavy atom. The zero-order valence-corrected chi connectivity index (χ0v) is 9.35. The van der Waals surface area contributed by atoms with Gasteiger partial charge >= 0.3 is 5.97 Å². The van der Waals surface area contributed by atoms with Crippen LogP contribution in [-0.2, 0) is 9.53 Å². The van der Waals surface area contributed by atoms with Crippen LogP contribution in [0.1, 0.15) is 16.8 Å². The molecule has 1 fully saturated rings. The molecule has 1 amide bonds. The average molecular weight is 254 g/mol. The minimum absolute atomic E-state index is 0.0232. The SMILES string of the molecule is O=C(NC1(C(=O)O)CCOC1)c1ccnc(F)c1. The number of carbonyl (C=O) groups is 2. The Balaban J connectivity index is 2.18. The molecule has 1 aromatic rings. The summed E-state index contributed by atoms with van der Waals surface area (Å²) in [5.74, 6) is -2.62. The van der Waals surface area contributed by atoms with Gasteiger partial charge in [0.1, 0.15) is 0 Å². The summed E-state index contributed by atoms with van der Waals surface area (Å²) < 4.78 is 17.9. The van der Waals surface area contributed by atoms with Gasteiger partial charge in [0.15, 0.2) is 5.54 Å². The Hall–Kier alpha value is -2.02. The summed E-state index contributed by atoms with van der Waals surface area (Å²) in [6.45, 7) is 0.166. The van der Waals surface area contributed by atoms with E-state index in [9.17, 15) is 14.0 Å². The standard InChI is InChI=1S/C11H11FN2O4/c12-8-5-7(1-3-13-8)9(15)14-11(10(16)17)2-4-18-6-11/h1,3,5H,2,4,6H2,(H,14,15)(H,16,17). The van der Waals surface area contributed by atoms with Gasteiger partial charge in [0, 0.05) is 30.9 Å². The summed E-state index contributed by atoms with van der Waals surface area (Å²) in [4.78, 5) is 26.3. The number of hydrogen-bond donors (Lipinski definition) is 2. The van der Waals surface area contributed by atoms with E-state index in [1.807, 2.05) is 0 Å². The van der Waals surface area contributed by atoms with Crippen molar-refractivity contribution in [1.29, 1.82) is 0 Å². The molecule has 0 spiro atoms. The predicted molar refractivity (Wildman–Crippen MR) is 57.5 cm³/mol. The topological polar surface area (TPSA) is 88.5 Å². The van der Waals surface area contributed by atoms with Crippen LogP contribution < -0.4 is 5.32 Å². The molecule has 18 heavy (non-hydrogen) atoms. The number of nitrogens with zero attached hydrogens (tertiary/aromatic N) is 1. The van der Waals surface area contributed by atoms with Crippen molar-refractivity contribution in [2.24, 2.45) is 0 Å². The van der Waals surface area contributed by atoms with Crippen molar-refractivity contribution < 1.29 is 23.8 Å². The number of amides is 1. The van der Waals surface area contributed by atoms with Crippen LogP contribution in [0.15, 0.2) is 18.3 Å². The summed E-state index contributed by atoms with van der Waals surface area (Å²) in [7, 11) is 0. The molecule has 0 bridgehead atoms. The molecule has 1 aromatic heterocycles. The van der Waals surface area contributed by atoms with E-state index in [0.29, 0.717) is 0 Å². The number of carbonyl (C=O) groups excluding carboxylic acids is 1. The van der Waals surface area contributed by atoms with Gasteiger partial charge in [0.05, 0.1) is 6.61 Å². The number of nitrogens with one attached hydrogen (secondary N) is 1. The number of halogens is 1. The Kier molecular flexibility index (Phi) is 3.24. The molecule has 1 aliphatic rings. The van der Waals surface area contributed by atoms with Gasteiger partial charge in [-0.2, -0.15) is 4.39 Å². The lowest BCUT2D eigenvalue weighted by atomic mass is 9.98. The third-order valence-electron chi connectivity index (χ3n) is 2.77. The van der Waals surface area contributed by atoms with Crippen molar-refractivity contribution in [3.63, 3.8) is 0 Å². The van der Waals surface area contributed by atoms with Crippen molar-refractivity contribution in [2.45, 2.75) is 12.0 Å². The van der Waals surface area contributed by atoms with E-state index in [0.717, 1.165) is 12.3 Å². The second-order valence-electron chi connectivity index (χ2n) is 4.01. The highest BCUT2D eigenvalue weighted by atomic mass is 19.1. The van der Waals surface area contributed by atoms with Crippen LogP contribution in [0.3, 0.4) is 0 Å². The Morgan fingerprint density at radius 3 is 2.89 bits per heavy atom. The number of carboxylic acid groups (broad SMARTS) is 1. The molecule has 1 aliphatic heterocycles. The summed E-state index contributed by atoms with van der Waals surface area (Å²) >= 11 is 0. The molecule has 2 rings (SSSR count). The maximum Gasteiger partial charge on any atom is 0.331 e. The van der Waals surface area contributed by atoms with Gasteiger partial charge in [-0.05, 0) is 6.07 Å². The maximum absolute atomic E-state index is 12.9. The lowest BCUT2D eigenvalue weighted by Gasteiger charge is -2.23. The maximum atomic E-state index is 12.9. The first-order valence-electron chi connectivity index (χ1n) is 5.29. The molecule has 0 aliphatic carbocycles. The van der Waals surface area contributed by atoms with E-state index in [2.05, 4.69) is 10.3 Å². The Morgan fingerprint density at radius 2 is 2.33 bits per heavy atom. The van der Waals surface area contributed by atoms with E-state index in [4.69, 9.17) is 9.84 Å². The fraction of sp³-hybridized carbons (Fsp3) is 0.364. The Labute approximate surface area is 102 Å². The predicted octanol–water partition coefficient (Wildman–Crippen LogP) is 0.194. The van der Waals surface area contributed by atoms with Crippen LogP contribution in [0, 0.1) is 5.95 Å². The molecular formula is C11H11FN2O4. The van der Waals surface area contributed by atoms with Gasteiger partial charge in [-0.15, -0.1) is 0 Å². The molecule has 7 heteroatoms. The van der Waals surface area contributed by atoms with E-state index in [1.165, 1.54) is 6.07 Å². The van der Waals surface area contributed by atoms with Gasteiger partial charge in [0.2, 0.25) is 5.95 Å². The van der Waals surface area contributed by atoms with Crippen LogP contribution in [0.5, 0.6) is 0 Å². The Bertz CT molecular complexity index is 486. The third-order valence-corrected chi connectivity index (χ3v) is 2.77. The van der Waals surface area contributed by atoms with E-state index < -0.39 is 23.4 Å². The number of pyridine rings is 1. The second-order valence-corrected chi connectivity index (χ2v) is 4.01. The van der Waals surface area contributed by atoms with Crippen molar-refractivity contribution >= 4 is 11.9 Å². The molecule has 1 atom stereocenters. The van der Waals surface area contributed by atoms with Crippen molar-refractivity contribution in [3.8, 4) is 0 Å². The molecule has 1 unspecified atom stereocenters. The van der Waals surface area contributed by atoms with Gasteiger partial charge < -0.3 is 15.2 Å². The molecule has 6 nitrogen and oxygen atoms in total. The second kappa shape index (κ2) is 4.69. The average Bonchev–Trinajstić information content (AvgIpc) is 2.79. The first-order valence-corrected chi connectivity index (χ1v) is 5.29. The number of hydrogen-bond acceptors (Lipinski definition) is 4. The van der Waals surface area contributed by atoms with Gasteiger partial charge in [-0.1, -0.05) is 0 Å². The number of aliphatic carboxylic acids is 1. The molecule has 1 saturated heterocycles. The molecular weight excluding hydrogens is 243 g/mol. The van der Waals surface area contributed by atoms with Crippen LogP contribution in [0.2, 0.25) is 0 Å². The largest absolute Gasteiger partial charge is 0.479 e. The lowest BCUT2D eigenvalue weighted by molar-refractivity contribution is -0.144. The molecule has 0 aromatic carbocycles. The third kappa shape index (κ3) is 2.30. The van der Waals surface area contributed by atoms with E-state index in [-0.39, 0.29) is 25.2 Å². The van der Waals surface area contributed by atoms with Crippen LogP contribution in [-0.4, -0.2) is 40.7 Å². The summed E-state index contributed by atoms with van der Waals surface area (Å²) in [5, 5.41) is 11.5. The van der Waals surface area contributed by atoms with Crippen molar-refractivity contribution in [3.05, 3.63) is 29.8 Å². The highest BCUT2D eigenvalue weighted by molar-refractivity contribution is 5.97. The first-order chi connectivity index (χ1) is 8.53. The van der Waals surface area contributed by atoms with E-state index >= 15 is 0 Å². The number of rotatable bonds is 3. The van der Waals surface area contributed by atoms with Crippen LogP contribution in [0.4, 0.5) is 4.39 Å². The number of aromatic nitrogens is 1. The molecule has 2 heterocycles. The molecule has 96 valence electrons. The summed E-state index contributed by atoms with van der Waals surface area (Å²) in [6, 6.07) is 2.25. The van der Waals surface area contributed by atoms with Gasteiger partial charge in [0.25, 0.3) is 5.91 Å². The van der Waals surface area contributed by atoms with Gasteiger partial charge in [-0.25, -0.2) is 9.78 Å². The smallest absolute Gasteiger partial charge is 0.331 e. The fourth-order valence-corrected chi connectivity index (χ4v) is 1.72. The van der Waals surface area contributed by atoms with Crippen LogP contribution >= 0.6 is 0 Å². The molecule has 2 N–H and O–H groups in total. The highest BCUT2D eigenvalue weighted by Gasteiger charge is 2.44. The normalized spacial score (nSPS) is 22.7. The summed E-state index contributed by atoms with van der Waals surface area (Å²) in [5.41, 5.74) is -1.41. The molecule has 0 saturated carbocycles. The lowest BCUT2D eigenvalue weighted by Crippen LogP contribution is -2.55. The van der Waals surface area contributed by atoms with E-state index in [1.54, 1.807) is 0 Å². The monoisotopic (exact) mass is 254 g/mol. The number of carboxylic acids is 1. The molecule has 0 radical (unpaired) electrons.